The molecule has 4 heteroatoms. The number of nitrogens with two attached hydrogens (primary N) is 1. The van der Waals surface area contributed by atoms with Gasteiger partial charge in [-0.3, -0.25) is 0 Å². The molecule has 0 fully saturated rings. The summed E-state index contributed by atoms with van der Waals surface area (Å²) in [5.74, 6) is 0. The maximum Gasteiger partial charge on any atom is 0.0701 e. The number of rotatable bonds is 5. The summed E-state index contributed by atoms with van der Waals surface area (Å²) in [4.78, 5) is 3.67. The molecule has 1 rings (SSSR count). The molecule has 0 aliphatic carbocycles. The van der Waals surface area contributed by atoms with Gasteiger partial charge >= 0.3 is 0 Å². The van der Waals surface area contributed by atoms with Crippen molar-refractivity contribution in [2.75, 3.05) is 20.6 Å². The van der Waals surface area contributed by atoms with Gasteiger partial charge in [0.1, 0.15) is 0 Å². The van der Waals surface area contributed by atoms with Crippen molar-refractivity contribution in [3.8, 4) is 0 Å². The Morgan fingerprint density at radius 3 is 2.64 bits per heavy atom. The van der Waals surface area contributed by atoms with Gasteiger partial charge in [-0.15, -0.1) is 11.3 Å². The zero-order valence-electron chi connectivity index (χ0n) is 8.66. The second-order valence-corrected chi connectivity index (χ2v) is 6.05. The van der Waals surface area contributed by atoms with Crippen molar-refractivity contribution in [2.45, 2.75) is 18.9 Å². The van der Waals surface area contributed by atoms with E-state index in [2.05, 4.69) is 47.1 Å². The van der Waals surface area contributed by atoms with Gasteiger partial charge in [0.05, 0.1) is 3.79 Å². The van der Waals surface area contributed by atoms with Crippen LogP contribution in [0.4, 0.5) is 0 Å². The largest absolute Gasteiger partial charge is 0.330 e. The number of hydrogen-bond donors (Lipinski definition) is 1. The molecule has 0 saturated heterocycles. The van der Waals surface area contributed by atoms with Crippen LogP contribution in [0.3, 0.4) is 0 Å². The molecule has 0 bridgehead atoms. The van der Waals surface area contributed by atoms with Crippen molar-refractivity contribution in [1.29, 1.82) is 0 Å². The Morgan fingerprint density at radius 1 is 1.50 bits per heavy atom. The Labute approximate surface area is 98.2 Å². The molecule has 0 saturated carbocycles. The normalized spacial score (nSPS) is 13.5. The van der Waals surface area contributed by atoms with Crippen molar-refractivity contribution in [3.63, 3.8) is 0 Å². The second-order valence-electron chi connectivity index (χ2n) is 3.55. The molecular weight excluding hydrogens is 260 g/mol. The number of halogens is 1. The first kappa shape index (κ1) is 12.2. The van der Waals surface area contributed by atoms with E-state index in [0.29, 0.717) is 6.04 Å². The highest BCUT2D eigenvalue weighted by molar-refractivity contribution is 9.11. The number of nitrogens with zero attached hydrogens (tertiary/aromatic N) is 1. The molecule has 1 heterocycles. The predicted molar refractivity (Wildman–Crippen MR) is 66.7 cm³/mol. The summed E-state index contributed by atoms with van der Waals surface area (Å²) in [6.07, 6.45) is 2.22. The van der Waals surface area contributed by atoms with Gasteiger partial charge in [0.15, 0.2) is 0 Å². The second kappa shape index (κ2) is 5.85. The van der Waals surface area contributed by atoms with Gasteiger partial charge in [-0.05, 0) is 61.5 Å². The van der Waals surface area contributed by atoms with Crippen LogP contribution in [0.5, 0.6) is 0 Å². The fourth-order valence-electron chi connectivity index (χ4n) is 1.47. The van der Waals surface area contributed by atoms with Gasteiger partial charge in [0.2, 0.25) is 0 Å². The van der Waals surface area contributed by atoms with Crippen LogP contribution in [-0.4, -0.2) is 25.5 Å². The highest BCUT2D eigenvalue weighted by Crippen LogP contribution is 2.32. The van der Waals surface area contributed by atoms with Crippen LogP contribution in [0.2, 0.25) is 0 Å². The van der Waals surface area contributed by atoms with E-state index in [0.717, 1.165) is 19.4 Å². The monoisotopic (exact) mass is 276 g/mol. The predicted octanol–water partition coefficient (Wildman–Crippen LogP) is 2.85. The van der Waals surface area contributed by atoms with Crippen LogP contribution in [0.25, 0.3) is 0 Å². The van der Waals surface area contributed by atoms with Gasteiger partial charge in [-0.1, -0.05) is 0 Å². The molecule has 1 aromatic heterocycles. The fraction of sp³-hybridized carbons (Fsp3) is 0.600. The zero-order valence-corrected chi connectivity index (χ0v) is 11.1. The summed E-state index contributed by atoms with van der Waals surface area (Å²) in [6, 6.07) is 4.81. The zero-order chi connectivity index (χ0) is 10.6. The molecule has 1 aromatic rings. The lowest BCUT2D eigenvalue weighted by molar-refractivity contribution is 0.284. The molecule has 0 aliphatic rings. The SMILES string of the molecule is CN(C)C(CCCN)c1ccc(Br)s1. The van der Waals surface area contributed by atoms with Crippen molar-refractivity contribution >= 4 is 27.3 Å². The van der Waals surface area contributed by atoms with E-state index in [9.17, 15) is 0 Å². The maximum absolute atomic E-state index is 5.54. The van der Waals surface area contributed by atoms with Crippen LogP contribution in [-0.2, 0) is 0 Å². The Hall–Kier alpha value is 0.1000. The highest BCUT2D eigenvalue weighted by Gasteiger charge is 2.15. The van der Waals surface area contributed by atoms with Gasteiger partial charge < -0.3 is 10.6 Å². The van der Waals surface area contributed by atoms with Gasteiger partial charge in [-0.25, -0.2) is 0 Å². The molecule has 2 N–H and O–H groups in total. The first-order valence-electron chi connectivity index (χ1n) is 4.77. The molecule has 14 heavy (non-hydrogen) atoms. The lowest BCUT2D eigenvalue weighted by Gasteiger charge is -2.22. The molecule has 1 atom stereocenters. The summed E-state index contributed by atoms with van der Waals surface area (Å²) in [7, 11) is 4.24. The molecule has 0 amide bonds. The summed E-state index contributed by atoms with van der Waals surface area (Å²) in [5.41, 5.74) is 5.54. The van der Waals surface area contributed by atoms with Crippen LogP contribution in [0, 0.1) is 0 Å². The Kier molecular flexibility index (Phi) is 5.09. The summed E-state index contributed by atoms with van der Waals surface area (Å²) in [5, 5.41) is 0. The van der Waals surface area contributed by atoms with Crippen molar-refractivity contribution < 1.29 is 0 Å². The van der Waals surface area contributed by atoms with Crippen LogP contribution >= 0.6 is 27.3 Å². The molecule has 0 radical (unpaired) electrons. The molecule has 80 valence electrons. The Morgan fingerprint density at radius 2 is 2.21 bits per heavy atom. The quantitative estimate of drug-likeness (QED) is 0.896. The smallest absolute Gasteiger partial charge is 0.0701 e. The first-order chi connectivity index (χ1) is 6.65. The van der Waals surface area contributed by atoms with E-state index in [-0.39, 0.29) is 0 Å². The van der Waals surface area contributed by atoms with E-state index in [1.807, 2.05) is 11.3 Å². The number of thiophene rings is 1. The van der Waals surface area contributed by atoms with E-state index >= 15 is 0 Å². The van der Waals surface area contributed by atoms with E-state index < -0.39 is 0 Å². The van der Waals surface area contributed by atoms with Crippen LogP contribution in [0.1, 0.15) is 23.8 Å². The summed E-state index contributed by atoms with van der Waals surface area (Å²) >= 11 is 5.30. The lowest BCUT2D eigenvalue weighted by Crippen LogP contribution is -2.19. The van der Waals surface area contributed by atoms with E-state index in [1.165, 1.54) is 8.66 Å². The van der Waals surface area contributed by atoms with Crippen LogP contribution in [0.15, 0.2) is 15.9 Å². The van der Waals surface area contributed by atoms with E-state index in [1.54, 1.807) is 0 Å². The first-order valence-corrected chi connectivity index (χ1v) is 6.38. The standard InChI is InChI=1S/C10H17BrN2S/c1-13(2)8(4-3-7-12)9-5-6-10(11)14-9/h5-6,8H,3-4,7,12H2,1-2H3. The third-order valence-corrected chi connectivity index (χ3v) is 3.95. The van der Waals surface area contributed by atoms with Crippen molar-refractivity contribution in [3.05, 3.63) is 20.8 Å². The highest BCUT2D eigenvalue weighted by atomic mass is 79.9. The summed E-state index contributed by atoms with van der Waals surface area (Å²) in [6.45, 7) is 0.775. The third kappa shape index (κ3) is 3.35. The topological polar surface area (TPSA) is 29.3 Å². The van der Waals surface area contributed by atoms with Crippen LogP contribution < -0.4 is 5.73 Å². The Balaban J connectivity index is 2.67. The maximum atomic E-state index is 5.54. The lowest BCUT2D eigenvalue weighted by atomic mass is 10.1. The molecule has 0 spiro atoms. The molecule has 0 aromatic carbocycles. The van der Waals surface area contributed by atoms with Crippen molar-refractivity contribution in [2.24, 2.45) is 5.73 Å². The van der Waals surface area contributed by atoms with Gasteiger partial charge in [0.25, 0.3) is 0 Å². The fourth-order valence-corrected chi connectivity index (χ4v) is 3.13. The molecule has 1 unspecified atom stereocenters. The van der Waals surface area contributed by atoms with E-state index in [4.69, 9.17) is 5.73 Å². The Bertz CT molecular complexity index is 273. The minimum Gasteiger partial charge on any atom is -0.330 e. The minimum atomic E-state index is 0.509. The molecule has 0 aliphatic heterocycles. The third-order valence-electron chi connectivity index (χ3n) is 2.23. The average Bonchev–Trinajstić information content (AvgIpc) is 2.52. The minimum absolute atomic E-state index is 0.509. The molecule has 2 nitrogen and oxygen atoms in total. The number of hydrogen-bond acceptors (Lipinski definition) is 3. The average molecular weight is 277 g/mol. The van der Waals surface area contributed by atoms with Gasteiger partial charge in [0, 0.05) is 10.9 Å². The van der Waals surface area contributed by atoms with Gasteiger partial charge in [-0.2, -0.15) is 0 Å². The summed E-state index contributed by atoms with van der Waals surface area (Å²) < 4.78 is 1.20. The van der Waals surface area contributed by atoms with Crippen molar-refractivity contribution in [1.82, 2.24) is 4.90 Å². The molecular formula is C10H17BrN2S.